The van der Waals surface area contributed by atoms with E-state index >= 15 is 0 Å². The van der Waals surface area contributed by atoms with Crippen molar-refractivity contribution in [3.8, 4) is 0 Å². The molecule has 0 bridgehead atoms. The molecule has 19 heavy (non-hydrogen) atoms. The van der Waals surface area contributed by atoms with Gasteiger partial charge in [-0.1, -0.05) is 38.3 Å². The lowest BCUT2D eigenvalue weighted by atomic mass is 9.80. The number of nitrogens with one attached hydrogen (secondary N) is 1. The summed E-state index contributed by atoms with van der Waals surface area (Å²) in [6.07, 6.45) is 7.23. The lowest BCUT2D eigenvalue weighted by Gasteiger charge is -2.26. The summed E-state index contributed by atoms with van der Waals surface area (Å²) in [7, 11) is 0. The van der Waals surface area contributed by atoms with Crippen molar-refractivity contribution in [3.63, 3.8) is 0 Å². The highest BCUT2D eigenvalue weighted by atomic mass is 16.5. The van der Waals surface area contributed by atoms with Crippen molar-refractivity contribution in [2.75, 3.05) is 6.54 Å². The summed E-state index contributed by atoms with van der Waals surface area (Å²) < 4.78 is 5.40. The van der Waals surface area contributed by atoms with E-state index in [2.05, 4.69) is 36.2 Å². The lowest BCUT2D eigenvalue weighted by Crippen LogP contribution is -2.27. The van der Waals surface area contributed by atoms with Crippen molar-refractivity contribution in [2.45, 2.75) is 71.3 Å². The van der Waals surface area contributed by atoms with Gasteiger partial charge in [0.1, 0.15) is 0 Å². The molecule has 1 aliphatic rings. The fourth-order valence-corrected chi connectivity index (χ4v) is 3.10. The molecule has 1 aliphatic carbocycles. The predicted octanol–water partition coefficient (Wildman–Crippen LogP) is 3.29. The Morgan fingerprint density at radius 3 is 2.95 bits per heavy atom. The molecular weight excluding hydrogens is 238 g/mol. The fraction of sp³-hybridized carbons (Fsp3) is 0.867. The fourth-order valence-electron chi connectivity index (χ4n) is 3.10. The maximum absolute atomic E-state index is 5.40. The Balaban J connectivity index is 1.92. The van der Waals surface area contributed by atoms with Crippen LogP contribution in [0.25, 0.3) is 0 Å². The second-order valence-electron chi connectivity index (χ2n) is 5.85. The van der Waals surface area contributed by atoms with Crippen LogP contribution in [0.4, 0.5) is 0 Å². The van der Waals surface area contributed by atoms with Crippen LogP contribution in [0.15, 0.2) is 4.52 Å². The quantitative estimate of drug-likeness (QED) is 0.857. The first-order chi connectivity index (χ1) is 9.22. The summed E-state index contributed by atoms with van der Waals surface area (Å²) in [5.74, 6) is 3.09. The molecule has 1 N–H and O–H groups in total. The number of likely N-dealkylation sites (N-methyl/N-ethyl adjacent to an activating group) is 1. The molecule has 0 amide bonds. The van der Waals surface area contributed by atoms with E-state index < -0.39 is 0 Å². The highest BCUT2D eigenvalue weighted by Crippen LogP contribution is 2.36. The van der Waals surface area contributed by atoms with Gasteiger partial charge < -0.3 is 9.84 Å². The molecule has 108 valence electrons. The summed E-state index contributed by atoms with van der Waals surface area (Å²) in [5, 5.41) is 7.58. The molecule has 1 saturated carbocycles. The van der Waals surface area contributed by atoms with Gasteiger partial charge in [0.2, 0.25) is 5.89 Å². The molecule has 0 spiro atoms. The third-order valence-corrected chi connectivity index (χ3v) is 4.24. The molecule has 3 unspecified atom stereocenters. The highest BCUT2D eigenvalue weighted by molar-refractivity contribution is 4.98. The largest absolute Gasteiger partial charge is 0.339 e. The summed E-state index contributed by atoms with van der Waals surface area (Å²) in [6, 6.07) is 0.396. The molecule has 0 aromatic carbocycles. The molecule has 1 aromatic rings. The molecular formula is C15H27N3O. The number of nitrogens with zero attached hydrogens (tertiary/aromatic N) is 2. The van der Waals surface area contributed by atoms with Crippen molar-refractivity contribution in [3.05, 3.63) is 11.7 Å². The van der Waals surface area contributed by atoms with Crippen LogP contribution in [0.2, 0.25) is 0 Å². The number of hydrogen-bond acceptors (Lipinski definition) is 4. The Labute approximate surface area is 116 Å². The zero-order chi connectivity index (χ0) is 13.7. The Kier molecular flexibility index (Phi) is 5.37. The van der Waals surface area contributed by atoms with Gasteiger partial charge in [-0.3, -0.25) is 0 Å². The first kappa shape index (κ1) is 14.5. The molecule has 2 rings (SSSR count). The molecule has 1 heterocycles. The van der Waals surface area contributed by atoms with Crippen molar-refractivity contribution < 1.29 is 4.52 Å². The summed E-state index contributed by atoms with van der Waals surface area (Å²) >= 11 is 0. The monoisotopic (exact) mass is 265 g/mol. The van der Waals surface area contributed by atoms with Gasteiger partial charge in [-0.05, 0) is 32.2 Å². The zero-order valence-corrected chi connectivity index (χ0v) is 12.5. The van der Waals surface area contributed by atoms with Gasteiger partial charge in [-0.25, -0.2) is 0 Å². The Hall–Kier alpha value is -0.900. The second kappa shape index (κ2) is 7.04. The van der Waals surface area contributed by atoms with Gasteiger partial charge in [-0.2, -0.15) is 4.98 Å². The molecule has 0 radical (unpaired) electrons. The summed E-state index contributed by atoms with van der Waals surface area (Å²) in [6.45, 7) is 7.53. The van der Waals surface area contributed by atoms with Gasteiger partial charge in [0.25, 0.3) is 0 Å². The van der Waals surface area contributed by atoms with Crippen molar-refractivity contribution >= 4 is 0 Å². The van der Waals surface area contributed by atoms with Crippen molar-refractivity contribution in [2.24, 2.45) is 5.92 Å². The first-order valence-corrected chi connectivity index (χ1v) is 7.78. The van der Waals surface area contributed by atoms with Crippen LogP contribution in [0, 0.1) is 5.92 Å². The SMILES string of the molecule is CCNC(C)Cc1nc(C2CCCC(CC)C2)no1. The standard InChI is InChI=1S/C15H27N3O/c1-4-12-7-6-8-13(10-12)15-17-14(19-18-15)9-11(3)16-5-2/h11-13,16H,4-10H2,1-3H3. The van der Waals surface area contributed by atoms with Crippen LogP contribution in [-0.4, -0.2) is 22.7 Å². The Morgan fingerprint density at radius 1 is 1.37 bits per heavy atom. The predicted molar refractivity (Wildman–Crippen MR) is 76.1 cm³/mol. The Bertz CT molecular complexity index is 377. The van der Waals surface area contributed by atoms with Crippen LogP contribution in [0.1, 0.15) is 70.5 Å². The van der Waals surface area contributed by atoms with Gasteiger partial charge in [-0.15, -0.1) is 0 Å². The van der Waals surface area contributed by atoms with Crippen LogP contribution >= 0.6 is 0 Å². The minimum Gasteiger partial charge on any atom is -0.339 e. The average Bonchev–Trinajstić information content (AvgIpc) is 2.87. The third kappa shape index (κ3) is 4.03. The van der Waals surface area contributed by atoms with Crippen molar-refractivity contribution in [1.82, 2.24) is 15.5 Å². The molecule has 3 atom stereocenters. The maximum atomic E-state index is 5.40. The van der Waals surface area contributed by atoms with Gasteiger partial charge in [0.05, 0.1) is 0 Å². The van der Waals surface area contributed by atoms with E-state index in [0.717, 1.165) is 30.6 Å². The third-order valence-electron chi connectivity index (χ3n) is 4.24. The molecule has 1 fully saturated rings. The van der Waals surface area contributed by atoms with Crippen molar-refractivity contribution in [1.29, 1.82) is 0 Å². The van der Waals surface area contributed by atoms with E-state index in [1.54, 1.807) is 0 Å². The van der Waals surface area contributed by atoms with Gasteiger partial charge in [0, 0.05) is 18.4 Å². The normalized spacial score (nSPS) is 25.4. The molecule has 0 saturated heterocycles. The van der Waals surface area contributed by atoms with Crippen LogP contribution in [0.3, 0.4) is 0 Å². The minimum absolute atomic E-state index is 0.396. The van der Waals surface area contributed by atoms with E-state index in [0.29, 0.717) is 12.0 Å². The van der Waals surface area contributed by atoms with E-state index in [4.69, 9.17) is 4.52 Å². The van der Waals surface area contributed by atoms with Gasteiger partial charge in [0.15, 0.2) is 5.82 Å². The molecule has 4 heteroatoms. The Morgan fingerprint density at radius 2 is 2.21 bits per heavy atom. The topological polar surface area (TPSA) is 51.0 Å². The smallest absolute Gasteiger partial charge is 0.228 e. The second-order valence-corrected chi connectivity index (χ2v) is 5.85. The maximum Gasteiger partial charge on any atom is 0.228 e. The molecule has 0 aliphatic heterocycles. The van der Waals surface area contributed by atoms with E-state index in [1.165, 1.54) is 32.1 Å². The van der Waals surface area contributed by atoms with Gasteiger partial charge >= 0.3 is 0 Å². The van der Waals surface area contributed by atoms with Crippen LogP contribution in [0.5, 0.6) is 0 Å². The number of aromatic nitrogens is 2. The summed E-state index contributed by atoms with van der Waals surface area (Å²) in [4.78, 5) is 4.61. The zero-order valence-electron chi connectivity index (χ0n) is 12.5. The molecule has 1 aromatic heterocycles. The summed E-state index contributed by atoms with van der Waals surface area (Å²) in [5.41, 5.74) is 0. The van der Waals surface area contributed by atoms with Crippen LogP contribution in [-0.2, 0) is 6.42 Å². The number of rotatable bonds is 6. The highest BCUT2D eigenvalue weighted by Gasteiger charge is 2.26. The average molecular weight is 265 g/mol. The first-order valence-electron chi connectivity index (χ1n) is 7.78. The van der Waals surface area contributed by atoms with E-state index in [1.807, 2.05) is 0 Å². The number of hydrogen-bond donors (Lipinski definition) is 1. The van der Waals surface area contributed by atoms with E-state index in [-0.39, 0.29) is 0 Å². The van der Waals surface area contributed by atoms with E-state index in [9.17, 15) is 0 Å². The lowest BCUT2D eigenvalue weighted by molar-refractivity contribution is 0.297. The molecule has 4 nitrogen and oxygen atoms in total. The van der Waals surface area contributed by atoms with Crippen LogP contribution < -0.4 is 5.32 Å². The minimum atomic E-state index is 0.396.